The van der Waals surface area contributed by atoms with E-state index in [9.17, 15) is 4.79 Å². The summed E-state index contributed by atoms with van der Waals surface area (Å²) in [6.07, 6.45) is 7.51. The van der Waals surface area contributed by atoms with E-state index in [1.807, 2.05) is 18.2 Å². The van der Waals surface area contributed by atoms with Crippen molar-refractivity contribution in [2.75, 3.05) is 13.2 Å². The molecule has 1 aliphatic heterocycles. The highest BCUT2D eigenvalue weighted by atomic mass is 16.5. The summed E-state index contributed by atoms with van der Waals surface area (Å²) in [5, 5.41) is 0. The molecule has 0 spiro atoms. The SMILES string of the molecule is CC(C)(C)c1nc(-c2cccc(C(=O)CC3CC3)c2)cn1CC1CCOCC1. The molecule has 4 heteroatoms. The standard InChI is InChI=1S/C24H32N2O2/c1-24(2,3)23-25-21(16-26(23)15-18-9-11-28-12-10-18)19-5-4-6-20(14-19)22(27)13-17-7-8-17/h4-6,14,16-18H,7-13,15H2,1-3H3. The van der Waals surface area contributed by atoms with Crippen molar-refractivity contribution < 1.29 is 9.53 Å². The van der Waals surface area contributed by atoms with Crippen LogP contribution in [-0.2, 0) is 16.7 Å². The van der Waals surface area contributed by atoms with Crippen LogP contribution in [-0.4, -0.2) is 28.5 Å². The molecule has 0 N–H and O–H groups in total. The van der Waals surface area contributed by atoms with Gasteiger partial charge >= 0.3 is 0 Å². The summed E-state index contributed by atoms with van der Waals surface area (Å²) in [5.74, 6) is 2.64. The zero-order chi connectivity index (χ0) is 19.7. The molecule has 0 bridgehead atoms. The van der Waals surface area contributed by atoms with Crippen molar-refractivity contribution >= 4 is 5.78 Å². The predicted molar refractivity (Wildman–Crippen MR) is 112 cm³/mol. The maximum atomic E-state index is 12.5. The summed E-state index contributed by atoms with van der Waals surface area (Å²) in [7, 11) is 0. The zero-order valence-corrected chi connectivity index (χ0v) is 17.4. The summed E-state index contributed by atoms with van der Waals surface area (Å²) in [6, 6.07) is 8.03. The molecule has 2 aliphatic rings. The molecule has 1 aliphatic carbocycles. The van der Waals surface area contributed by atoms with Gasteiger partial charge < -0.3 is 9.30 Å². The Morgan fingerprint density at radius 3 is 2.57 bits per heavy atom. The first kappa shape index (κ1) is 19.4. The van der Waals surface area contributed by atoms with Crippen molar-refractivity contribution in [2.45, 2.75) is 64.8 Å². The quantitative estimate of drug-likeness (QED) is 0.642. The molecule has 2 heterocycles. The van der Waals surface area contributed by atoms with Crippen molar-refractivity contribution in [3.8, 4) is 11.3 Å². The van der Waals surface area contributed by atoms with Gasteiger partial charge in [0.2, 0.25) is 0 Å². The predicted octanol–water partition coefficient (Wildman–Crippen LogP) is 5.26. The van der Waals surface area contributed by atoms with E-state index in [2.05, 4.69) is 37.6 Å². The van der Waals surface area contributed by atoms with Crippen LogP contribution in [0.15, 0.2) is 30.5 Å². The minimum atomic E-state index is -0.0250. The average molecular weight is 381 g/mol. The van der Waals surface area contributed by atoms with Gasteiger partial charge in [-0.25, -0.2) is 4.98 Å². The van der Waals surface area contributed by atoms with Crippen LogP contribution >= 0.6 is 0 Å². The molecule has 2 fully saturated rings. The van der Waals surface area contributed by atoms with Crippen LogP contribution in [0.3, 0.4) is 0 Å². The summed E-state index contributed by atoms with van der Waals surface area (Å²) < 4.78 is 7.86. The van der Waals surface area contributed by atoms with E-state index in [0.717, 1.165) is 55.2 Å². The van der Waals surface area contributed by atoms with E-state index in [1.54, 1.807) is 0 Å². The Morgan fingerprint density at radius 2 is 1.89 bits per heavy atom. The third-order valence-corrected chi connectivity index (χ3v) is 5.89. The van der Waals surface area contributed by atoms with Gasteiger partial charge in [-0.15, -0.1) is 0 Å². The highest BCUT2D eigenvalue weighted by Crippen LogP contribution is 2.34. The Kier molecular flexibility index (Phi) is 5.42. The second-order valence-corrected chi connectivity index (χ2v) is 9.56. The van der Waals surface area contributed by atoms with Crippen molar-refractivity contribution in [1.82, 2.24) is 9.55 Å². The molecule has 28 heavy (non-hydrogen) atoms. The molecule has 0 amide bonds. The fourth-order valence-electron chi connectivity index (χ4n) is 4.05. The van der Waals surface area contributed by atoms with E-state index in [4.69, 9.17) is 9.72 Å². The first-order chi connectivity index (χ1) is 13.4. The summed E-state index contributed by atoms with van der Waals surface area (Å²) >= 11 is 0. The Labute approximate surface area is 168 Å². The van der Waals surface area contributed by atoms with Crippen LogP contribution < -0.4 is 0 Å². The van der Waals surface area contributed by atoms with E-state index in [1.165, 1.54) is 12.8 Å². The maximum absolute atomic E-state index is 12.5. The molecule has 0 radical (unpaired) electrons. The topological polar surface area (TPSA) is 44.1 Å². The van der Waals surface area contributed by atoms with E-state index >= 15 is 0 Å². The van der Waals surface area contributed by atoms with Gasteiger partial charge in [0.25, 0.3) is 0 Å². The Hall–Kier alpha value is -1.94. The zero-order valence-electron chi connectivity index (χ0n) is 17.4. The van der Waals surface area contributed by atoms with Crippen LogP contribution in [0.2, 0.25) is 0 Å². The molecule has 1 saturated carbocycles. The van der Waals surface area contributed by atoms with Crippen molar-refractivity contribution in [1.29, 1.82) is 0 Å². The number of imidazole rings is 1. The van der Waals surface area contributed by atoms with Crippen LogP contribution in [0, 0.1) is 11.8 Å². The van der Waals surface area contributed by atoms with Crippen LogP contribution in [0.5, 0.6) is 0 Å². The lowest BCUT2D eigenvalue weighted by atomic mass is 9.94. The number of hydrogen-bond acceptors (Lipinski definition) is 3. The third kappa shape index (κ3) is 4.54. The molecule has 0 unspecified atom stereocenters. The minimum Gasteiger partial charge on any atom is -0.381 e. The second kappa shape index (κ2) is 7.82. The number of nitrogens with zero attached hydrogens (tertiary/aromatic N) is 2. The second-order valence-electron chi connectivity index (χ2n) is 9.56. The van der Waals surface area contributed by atoms with Gasteiger partial charge in [0, 0.05) is 48.9 Å². The number of aromatic nitrogens is 2. The number of ether oxygens (including phenoxy) is 1. The Balaban J connectivity index is 1.61. The van der Waals surface area contributed by atoms with Gasteiger partial charge in [0.05, 0.1) is 5.69 Å². The summed E-state index contributed by atoms with van der Waals surface area (Å²) in [4.78, 5) is 17.5. The number of carbonyl (C=O) groups is 1. The van der Waals surface area contributed by atoms with Gasteiger partial charge in [-0.1, -0.05) is 39.0 Å². The van der Waals surface area contributed by atoms with E-state index in [0.29, 0.717) is 18.3 Å². The largest absolute Gasteiger partial charge is 0.381 e. The lowest BCUT2D eigenvalue weighted by Gasteiger charge is -2.25. The fourth-order valence-corrected chi connectivity index (χ4v) is 4.05. The monoisotopic (exact) mass is 380 g/mol. The molecule has 4 rings (SSSR count). The lowest BCUT2D eigenvalue weighted by Crippen LogP contribution is -2.24. The van der Waals surface area contributed by atoms with Gasteiger partial charge in [-0.2, -0.15) is 0 Å². The fraction of sp³-hybridized carbons (Fsp3) is 0.583. The number of Topliss-reactive ketones (excluding diaryl/α,β-unsaturated/α-hetero) is 1. The molecule has 0 atom stereocenters. The van der Waals surface area contributed by atoms with Gasteiger partial charge in [0.1, 0.15) is 5.82 Å². The van der Waals surface area contributed by atoms with Crippen molar-refractivity contribution in [3.05, 3.63) is 41.9 Å². The van der Waals surface area contributed by atoms with Crippen LogP contribution in [0.4, 0.5) is 0 Å². The Morgan fingerprint density at radius 1 is 1.14 bits per heavy atom. The highest BCUT2D eigenvalue weighted by Gasteiger charge is 2.26. The average Bonchev–Trinajstić information content (AvgIpc) is 3.38. The molecular weight excluding hydrogens is 348 g/mol. The molecule has 1 saturated heterocycles. The number of rotatable bonds is 6. The first-order valence-electron chi connectivity index (χ1n) is 10.7. The molecule has 2 aromatic rings. The number of benzene rings is 1. The van der Waals surface area contributed by atoms with Gasteiger partial charge in [-0.05, 0) is 43.6 Å². The maximum Gasteiger partial charge on any atom is 0.163 e. The van der Waals surface area contributed by atoms with Crippen LogP contribution in [0.25, 0.3) is 11.3 Å². The van der Waals surface area contributed by atoms with E-state index in [-0.39, 0.29) is 11.2 Å². The normalized spacial score (nSPS) is 18.4. The van der Waals surface area contributed by atoms with Crippen LogP contribution in [0.1, 0.15) is 69.1 Å². The molecule has 1 aromatic carbocycles. The molecule has 4 nitrogen and oxygen atoms in total. The first-order valence-corrected chi connectivity index (χ1v) is 10.7. The van der Waals surface area contributed by atoms with Crippen molar-refractivity contribution in [2.24, 2.45) is 11.8 Å². The van der Waals surface area contributed by atoms with Gasteiger partial charge in [-0.3, -0.25) is 4.79 Å². The smallest absolute Gasteiger partial charge is 0.163 e. The molecule has 1 aromatic heterocycles. The highest BCUT2D eigenvalue weighted by molar-refractivity contribution is 5.97. The van der Waals surface area contributed by atoms with Gasteiger partial charge in [0.15, 0.2) is 5.78 Å². The summed E-state index contributed by atoms with van der Waals surface area (Å²) in [5.41, 5.74) is 2.81. The minimum absolute atomic E-state index is 0.0250. The molecular formula is C24H32N2O2. The number of carbonyl (C=O) groups excluding carboxylic acids is 1. The third-order valence-electron chi connectivity index (χ3n) is 5.89. The number of hydrogen-bond donors (Lipinski definition) is 0. The molecule has 150 valence electrons. The summed E-state index contributed by atoms with van der Waals surface area (Å²) in [6.45, 7) is 9.37. The Bertz CT molecular complexity index is 837. The lowest BCUT2D eigenvalue weighted by molar-refractivity contribution is 0.0607. The number of ketones is 1. The van der Waals surface area contributed by atoms with E-state index < -0.39 is 0 Å². The van der Waals surface area contributed by atoms with Crippen molar-refractivity contribution in [3.63, 3.8) is 0 Å².